The first-order valence-corrected chi connectivity index (χ1v) is 8.52. The number of thioether (sulfide) groups is 1. The molecule has 1 heterocycles. The fraction of sp³-hybridized carbons (Fsp3) is 0.714. The van der Waals surface area contributed by atoms with Crippen molar-refractivity contribution in [3.8, 4) is 0 Å². The molecule has 0 aliphatic carbocycles. The molecule has 0 unspecified atom stereocenters. The Morgan fingerprint density at radius 1 is 1.36 bits per heavy atom. The molecule has 0 saturated carbocycles. The van der Waals surface area contributed by atoms with Crippen LogP contribution in [0.2, 0.25) is 0 Å². The third-order valence-corrected chi connectivity index (χ3v) is 3.81. The van der Waals surface area contributed by atoms with Gasteiger partial charge in [0.2, 0.25) is 11.8 Å². The quantitative estimate of drug-likeness (QED) is 0.623. The Balaban J connectivity index is 2.71. The van der Waals surface area contributed by atoms with Crippen LogP contribution in [0.15, 0.2) is 5.16 Å². The molecule has 0 aromatic carbocycles. The Kier molecular flexibility index (Phi) is 7.94. The van der Waals surface area contributed by atoms with E-state index in [9.17, 15) is 9.59 Å². The van der Waals surface area contributed by atoms with E-state index in [-0.39, 0.29) is 18.2 Å². The number of amides is 2. The average Bonchev–Trinajstić information content (AvgIpc) is 2.82. The van der Waals surface area contributed by atoms with Crippen LogP contribution in [0.3, 0.4) is 0 Å². The summed E-state index contributed by atoms with van der Waals surface area (Å²) in [6, 6.07) is 0. The first kappa shape index (κ1) is 18.5. The molecule has 0 bridgehead atoms. The van der Waals surface area contributed by atoms with E-state index in [4.69, 9.17) is 5.73 Å². The minimum absolute atomic E-state index is 0.00960. The molecule has 0 spiro atoms. The van der Waals surface area contributed by atoms with Gasteiger partial charge in [0.15, 0.2) is 5.16 Å². The van der Waals surface area contributed by atoms with Crippen molar-refractivity contribution in [2.24, 2.45) is 11.7 Å². The number of primary amides is 1. The van der Waals surface area contributed by atoms with Gasteiger partial charge in [0, 0.05) is 25.9 Å². The summed E-state index contributed by atoms with van der Waals surface area (Å²) >= 11 is 1.36. The molecule has 124 valence electrons. The number of hydrogen-bond acceptors (Lipinski definition) is 5. The highest BCUT2D eigenvalue weighted by Crippen LogP contribution is 2.19. The molecule has 0 radical (unpaired) electrons. The molecule has 1 rings (SSSR count). The molecule has 1 aromatic rings. The number of nitrogens with two attached hydrogens (primary N) is 1. The highest BCUT2D eigenvalue weighted by atomic mass is 32.2. The van der Waals surface area contributed by atoms with Crippen molar-refractivity contribution in [2.45, 2.75) is 51.7 Å². The molecule has 0 aliphatic heterocycles. The van der Waals surface area contributed by atoms with Crippen LogP contribution in [0.5, 0.6) is 0 Å². The van der Waals surface area contributed by atoms with Gasteiger partial charge >= 0.3 is 0 Å². The topological polar surface area (TPSA) is 103 Å². The van der Waals surface area contributed by atoms with E-state index < -0.39 is 0 Å². The van der Waals surface area contributed by atoms with Crippen molar-refractivity contribution < 1.29 is 9.59 Å². The van der Waals surface area contributed by atoms with E-state index >= 15 is 0 Å². The summed E-state index contributed by atoms with van der Waals surface area (Å²) in [5, 5.41) is 11.8. The van der Waals surface area contributed by atoms with Gasteiger partial charge in [-0.15, -0.1) is 10.2 Å². The van der Waals surface area contributed by atoms with E-state index in [2.05, 4.69) is 29.4 Å². The fourth-order valence-electron chi connectivity index (χ4n) is 1.84. The van der Waals surface area contributed by atoms with Crippen LogP contribution in [-0.2, 0) is 22.6 Å². The predicted octanol–water partition coefficient (Wildman–Crippen LogP) is 0.970. The molecule has 8 heteroatoms. The predicted molar refractivity (Wildman–Crippen MR) is 86.4 cm³/mol. The van der Waals surface area contributed by atoms with Crippen LogP contribution < -0.4 is 11.1 Å². The van der Waals surface area contributed by atoms with Gasteiger partial charge in [0.25, 0.3) is 0 Å². The van der Waals surface area contributed by atoms with Gasteiger partial charge in [0.1, 0.15) is 5.82 Å². The van der Waals surface area contributed by atoms with Crippen molar-refractivity contribution in [2.75, 3.05) is 12.3 Å². The van der Waals surface area contributed by atoms with Crippen LogP contribution in [0.4, 0.5) is 0 Å². The Labute approximate surface area is 135 Å². The van der Waals surface area contributed by atoms with E-state index in [1.807, 2.05) is 11.5 Å². The standard InChI is InChI=1S/C14H25N5O2S/c1-4-7-16-13(21)9-22-14-18-17-12(6-5-11(15)20)19(14)8-10(2)3/h10H,4-9H2,1-3H3,(H2,15,20)(H,16,21). The molecule has 2 amide bonds. The summed E-state index contributed by atoms with van der Waals surface area (Å²) in [5.41, 5.74) is 5.19. The molecular formula is C14H25N5O2S. The third-order valence-electron chi connectivity index (χ3n) is 2.84. The van der Waals surface area contributed by atoms with Crippen LogP contribution >= 0.6 is 11.8 Å². The molecule has 3 N–H and O–H groups in total. The fourth-order valence-corrected chi connectivity index (χ4v) is 2.64. The summed E-state index contributed by atoms with van der Waals surface area (Å²) in [6.45, 7) is 7.64. The lowest BCUT2D eigenvalue weighted by Gasteiger charge is -2.12. The van der Waals surface area contributed by atoms with E-state index in [1.165, 1.54) is 11.8 Å². The van der Waals surface area contributed by atoms with Crippen LogP contribution in [0.25, 0.3) is 0 Å². The maximum Gasteiger partial charge on any atom is 0.230 e. The second-order valence-corrected chi connectivity index (χ2v) is 6.45. The number of nitrogens with one attached hydrogen (secondary N) is 1. The molecule has 0 atom stereocenters. The highest BCUT2D eigenvalue weighted by Gasteiger charge is 2.15. The van der Waals surface area contributed by atoms with Gasteiger partial charge in [-0.3, -0.25) is 9.59 Å². The minimum Gasteiger partial charge on any atom is -0.370 e. The first-order chi connectivity index (χ1) is 10.4. The monoisotopic (exact) mass is 327 g/mol. The minimum atomic E-state index is -0.354. The zero-order valence-corrected chi connectivity index (χ0v) is 14.3. The normalized spacial score (nSPS) is 10.9. The second kappa shape index (κ2) is 9.45. The molecule has 0 aliphatic rings. The van der Waals surface area contributed by atoms with Crippen molar-refractivity contribution in [3.05, 3.63) is 5.82 Å². The van der Waals surface area contributed by atoms with Gasteiger partial charge in [-0.05, 0) is 12.3 Å². The van der Waals surface area contributed by atoms with E-state index in [0.29, 0.717) is 29.8 Å². The first-order valence-electron chi connectivity index (χ1n) is 7.53. The number of rotatable bonds is 10. The molecule has 7 nitrogen and oxygen atoms in total. The lowest BCUT2D eigenvalue weighted by molar-refractivity contribution is -0.119. The number of hydrogen-bond donors (Lipinski definition) is 2. The largest absolute Gasteiger partial charge is 0.370 e. The summed E-state index contributed by atoms with van der Waals surface area (Å²) in [5.74, 6) is 1.10. The van der Waals surface area contributed by atoms with E-state index in [0.717, 1.165) is 18.8 Å². The Morgan fingerprint density at radius 3 is 2.68 bits per heavy atom. The Bertz CT molecular complexity index is 501. The summed E-state index contributed by atoms with van der Waals surface area (Å²) in [6.07, 6.45) is 1.63. The highest BCUT2D eigenvalue weighted by molar-refractivity contribution is 7.99. The van der Waals surface area contributed by atoms with Crippen LogP contribution in [-0.4, -0.2) is 38.9 Å². The summed E-state index contributed by atoms with van der Waals surface area (Å²) in [7, 11) is 0. The van der Waals surface area contributed by atoms with Crippen LogP contribution in [0.1, 0.15) is 39.4 Å². The number of nitrogens with zero attached hydrogens (tertiary/aromatic N) is 3. The van der Waals surface area contributed by atoms with Crippen molar-refractivity contribution in [1.29, 1.82) is 0 Å². The summed E-state index contributed by atoms with van der Waals surface area (Å²) < 4.78 is 1.98. The van der Waals surface area contributed by atoms with Crippen molar-refractivity contribution >= 4 is 23.6 Å². The zero-order chi connectivity index (χ0) is 16.5. The second-order valence-electron chi connectivity index (χ2n) is 5.51. The van der Waals surface area contributed by atoms with Gasteiger partial charge < -0.3 is 15.6 Å². The molecular weight excluding hydrogens is 302 g/mol. The van der Waals surface area contributed by atoms with Gasteiger partial charge in [-0.1, -0.05) is 32.5 Å². The van der Waals surface area contributed by atoms with Gasteiger partial charge in [-0.25, -0.2) is 0 Å². The lowest BCUT2D eigenvalue weighted by Crippen LogP contribution is -2.25. The van der Waals surface area contributed by atoms with E-state index in [1.54, 1.807) is 0 Å². The maximum atomic E-state index is 11.7. The van der Waals surface area contributed by atoms with Crippen molar-refractivity contribution in [1.82, 2.24) is 20.1 Å². The average molecular weight is 327 g/mol. The number of carbonyl (C=O) groups excluding carboxylic acids is 2. The molecule has 1 aromatic heterocycles. The molecule has 22 heavy (non-hydrogen) atoms. The maximum absolute atomic E-state index is 11.7. The number of aryl methyl sites for hydroxylation is 1. The lowest BCUT2D eigenvalue weighted by atomic mass is 10.2. The Hall–Kier alpha value is -1.57. The number of aromatic nitrogens is 3. The Morgan fingerprint density at radius 2 is 2.09 bits per heavy atom. The van der Waals surface area contributed by atoms with Crippen LogP contribution in [0, 0.1) is 5.92 Å². The smallest absolute Gasteiger partial charge is 0.230 e. The SMILES string of the molecule is CCCNC(=O)CSc1nnc(CCC(N)=O)n1CC(C)C. The number of carbonyl (C=O) groups is 2. The van der Waals surface area contributed by atoms with Gasteiger partial charge in [0.05, 0.1) is 5.75 Å². The van der Waals surface area contributed by atoms with Crippen molar-refractivity contribution in [3.63, 3.8) is 0 Å². The molecule has 0 saturated heterocycles. The third kappa shape index (κ3) is 6.46. The summed E-state index contributed by atoms with van der Waals surface area (Å²) in [4.78, 5) is 22.6. The van der Waals surface area contributed by atoms with Gasteiger partial charge in [-0.2, -0.15) is 0 Å². The zero-order valence-electron chi connectivity index (χ0n) is 13.5. The molecule has 0 fully saturated rings.